The van der Waals surface area contributed by atoms with Crippen LogP contribution in [-0.2, 0) is 0 Å². The van der Waals surface area contributed by atoms with E-state index in [9.17, 15) is 9.90 Å². The molecule has 1 saturated heterocycles. The number of aliphatic hydroxyl groups is 2. The number of carbonyl (C=O) groups is 1. The van der Waals surface area contributed by atoms with E-state index in [1.54, 1.807) is 7.11 Å². The minimum atomic E-state index is -0.659. The molecule has 2 rings (SSSR count). The normalized spacial score (nSPS) is 18.4. The zero-order valence-electron chi connectivity index (χ0n) is 12.4. The molecule has 2 N–H and O–H groups in total. The second-order valence-corrected chi connectivity index (χ2v) is 5.53. The fraction of sp³-hybridized carbons (Fsp3) is 0.562. The van der Waals surface area contributed by atoms with Crippen LogP contribution in [0.2, 0.25) is 0 Å². The third-order valence-electron chi connectivity index (χ3n) is 4.12. The number of hydrogen-bond donors (Lipinski definition) is 2. The second kappa shape index (κ2) is 7.54. The number of methoxy groups -OCH3 is 1. The van der Waals surface area contributed by atoms with Gasteiger partial charge >= 0.3 is 0 Å². The van der Waals surface area contributed by atoms with Crippen molar-refractivity contribution in [2.45, 2.75) is 24.9 Å². The predicted octanol–water partition coefficient (Wildman–Crippen LogP) is 1.04. The van der Waals surface area contributed by atoms with Gasteiger partial charge in [-0.2, -0.15) is 0 Å². The summed E-state index contributed by atoms with van der Waals surface area (Å²) in [7, 11) is 1.57. The third-order valence-corrected chi connectivity index (χ3v) is 4.12. The van der Waals surface area contributed by atoms with Crippen LogP contribution in [0.3, 0.4) is 0 Å². The Balaban J connectivity index is 1.97. The van der Waals surface area contributed by atoms with Gasteiger partial charge in [0.05, 0.1) is 25.4 Å². The smallest absolute Gasteiger partial charge is 0.153 e. The van der Waals surface area contributed by atoms with Crippen LogP contribution in [0, 0.1) is 0 Å². The molecule has 21 heavy (non-hydrogen) atoms. The van der Waals surface area contributed by atoms with Crippen molar-refractivity contribution in [1.82, 2.24) is 4.90 Å². The molecule has 0 saturated carbocycles. The first-order chi connectivity index (χ1) is 10.2. The minimum absolute atomic E-state index is 0.190. The van der Waals surface area contributed by atoms with Crippen molar-refractivity contribution in [2.75, 3.05) is 33.4 Å². The van der Waals surface area contributed by atoms with Crippen LogP contribution in [-0.4, -0.2) is 60.9 Å². The largest absolute Gasteiger partial charge is 0.496 e. The molecule has 0 bridgehead atoms. The van der Waals surface area contributed by atoms with Crippen molar-refractivity contribution in [2.24, 2.45) is 0 Å². The van der Waals surface area contributed by atoms with Gasteiger partial charge in [0, 0.05) is 6.54 Å². The minimum Gasteiger partial charge on any atom is -0.496 e. The molecule has 0 spiro atoms. The van der Waals surface area contributed by atoms with Crippen LogP contribution >= 0.6 is 0 Å². The number of piperidine rings is 1. The molecule has 1 unspecified atom stereocenters. The number of rotatable bonds is 6. The monoisotopic (exact) mass is 293 g/mol. The molecule has 1 aliphatic rings. The number of β-amino-alcohol motifs (C(OH)–C–C–N with tert-alkyl or cyclic N) is 1. The lowest BCUT2D eigenvalue weighted by Crippen LogP contribution is -2.39. The van der Waals surface area contributed by atoms with Crippen LogP contribution in [0.25, 0.3) is 0 Å². The third kappa shape index (κ3) is 4.03. The van der Waals surface area contributed by atoms with Crippen molar-refractivity contribution in [3.63, 3.8) is 0 Å². The van der Waals surface area contributed by atoms with E-state index >= 15 is 0 Å². The van der Waals surface area contributed by atoms with Gasteiger partial charge in [-0.1, -0.05) is 6.07 Å². The van der Waals surface area contributed by atoms with Crippen LogP contribution in [0.4, 0.5) is 0 Å². The highest BCUT2D eigenvalue weighted by atomic mass is 16.5. The van der Waals surface area contributed by atoms with Crippen LogP contribution in [0.15, 0.2) is 18.2 Å². The number of carbonyl (C=O) groups excluding carboxylic acids is 1. The molecule has 0 aromatic heterocycles. The van der Waals surface area contributed by atoms with E-state index < -0.39 is 6.10 Å². The second-order valence-electron chi connectivity index (χ2n) is 5.53. The lowest BCUT2D eigenvalue weighted by Gasteiger charge is -2.33. The Bertz CT molecular complexity index is 469. The van der Waals surface area contributed by atoms with Crippen LogP contribution in [0.5, 0.6) is 5.75 Å². The first-order valence-corrected chi connectivity index (χ1v) is 7.32. The maximum atomic E-state index is 10.9. The summed E-state index contributed by atoms with van der Waals surface area (Å²) in [6.07, 6.45) is 2.15. The molecule has 5 nitrogen and oxygen atoms in total. The molecule has 1 heterocycles. The molecule has 1 aliphatic heterocycles. The van der Waals surface area contributed by atoms with Gasteiger partial charge in [-0.3, -0.25) is 4.79 Å². The van der Waals surface area contributed by atoms with E-state index in [2.05, 4.69) is 4.90 Å². The first-order valence-electron chi connectivity index (χ1n) is 7.32. The maximum Gasteiger partial charge on any atom is 0.153 e. The molecular weight excluding hydrogens is 270 g/mol. The van der Waals surface area contributed by atoms with E-state index in [-0.39, 0.29) is 6.61 Å². The average molecular weight is 293 g/mol. The maximum absolute atomic E-state index is 10.9. The molecule has 0 amide bonds. The van der Waals surface area contributed by atoms with Crippen molar-refractivity contribution < 1.29 is 19.7 Å². The highest BCUT2D eigenvalue weighted by molar-refractivity contribution is 5.79. The lowest BCUT2D eigenvalue weighted by atomic mass is 9.88. The van der Waals surface area contributed by atoms with Gasteiger partial charge in [-0.25, -0.2) is 0 Å². The summed E-state index contributed by atoms with van der Waals surface area (Å²) < 4.78 is 5.25. The highest BCUT2D eigenvalue weighted by Crippen LogP contribution is 2.31. The Morgan fingerprint density at radius 2 is 2.14 bits per heavy atom. The molecule has 0 aliphatic carbocycles. The van der Waals surface area contributed by atoms with E-state index in [0.29, 0.717) is 23.8 Å². The molecule has 1 aromatic rings. The summed E-state index contributed by atoms with van der Waals surface area (Å²) in [6, 6.07) is 5.75. The van der Waals surface area contributed by atoms with Gasteiger partial charge in [0.1, 0.15) is 5.75 Å². The van der Waals surface area contributed by atoms with Gasteiger partial charge < -0.3 is 19.8 Å². The topological polar surface area (TPSA) is 70.0 Å². The number of hydrogen-bond acceptors (Lipinski definition) is 5. The molecule has 1 aromatic carbocycles. The number of aldehydes is 1. The average Bonchev–Trinajstić information content (AvgIpc) is 2.54. The quantitative estimate of drug-likeness (QED) is 0.767. The lowest BCUT2D eigenvalue weighted by molar-refractivity contribution is 0.0513. The molecule has 1 fully saturated rings. The van der Waals surface area contributed by atoms with E-state index in [1.165, 1.54) is 5.56 Å². The van der Waals surface area contributed by atoms with Crippen molar-refractivity contribution >= 4 is 6.29 Å². The van der Waals surface area contributed by atoms with Crippen molar-refractivity contribution in [1.29, 1.82) is 0 Å². The first kappa shape index (κ1) is 15.9. The van der Waals surface area contributed by atoms with Gasteiger partial charge in [-0.15, -0.1) is 0 Å². The summed E-state index contributed by atoms with van der Waals surface area (Å²) in [4.78, 5) is 13.1. The summed E-state index contributed by atoms with van der Waals surface area (Å²) in [5.74, 6) is 1.07. The van der Waals surface area contributed by atoms with Gasteiger partial charge in [0.25, 0.3) is 0 Å². The van der Waals surface area contributed by atoms with Crippen molar-refractivity contribution in [3.05, 3.63) is 29.3 Å². The Morgan fingerprint density at radius 3 is 2.71 bits per heavy atom. The molecule has 5 heteroatoms. The van der Waals surface area contributed by atoms with E-state index in [4.69, 9.17) is 9.84 Å². The number of benzene rings is 1. The molecule has 1 atom stereocenters. The zero-order valence-corrected chi connectivity index (χ0v) is 12.4. The number of likely N-dealkylation sites (tertiary alicyclic amines) is 1. The Morgan fingerprint density at radius 1 is 1.43 bits per heavy atom. The summed E-state index contributed by atoms with van der Waals surface area (Å²) in [5.41, 5.74) is 1.77. The van der Waals surface area contributed by atoms with Gasteiger partial charge in [0.2, 0.25) is 0 Å². The molecular formula is C16H23NO4. The van der Waals surface area contributed by atoms with E-state index in [1.807, 2.05) is 18.2 Å². The summed E-state index contributed by atoms with van der Waals surface area (Å²) in [5, 5.41) is 18.4. The number of ether oxygens (including phenoxy) is 1. The van der Waals surface area contributed by atoms with E-state index in [0.717, 1.165) is 32.2 Å². The van der Waals surface area contributed by atoms with Crippen LogP contribution < -0.4 is 4.74 Å². The summed E-state index contributed by atoms with van der Waals surface area (Å²) in [6.45, 7) is 2.14. The van der Waals surface area contributed by atoms with Gasteiger partial charge in [-0.05, 0) is 49.5 Å². The Kier molecular flexibility index (Phi) is 5.73. The SMILES string of the molecule is COc1cc(C2CCN(CC(O)CO)CC2)ccc1C=O. The molecule has 0 radical (unpaired) electrons. The fourth-order valence-corrected chi connectivity index (χ4v) is 2.88. The standard InChI is InChI=1S/C16H23NO4/c1-21-16-8-13(2-3-14(16)10-18)12-4-6-17(7-5-12)9-15(20)11-19/h2-3,8,10,12,15,19-20H,4-7,9,11H2,1H3. The predicted molar refractivity (Wildman–Crippen MR) is 79.9 cm³/mol. The highest BCUT2D eigenvalue weighted by Gasteiger charge is 2.22. The van der Waals surface area contributed by atoms with Gasteiger partial charge in [0.15, 0.2) is 6.29 Å². The van der Waals surface area contributed by atoms with Crippen LogP contribution in [0.1, 0.15) is 34.7 Å². The summed E-state index contributed by atoms with van der Waals surface area (Å²) >= 11 is 0. The number of nitrogens with zero attached hydrogens (tertiary/aromatic N) is 1. The fourth-order valence-electron chi connectivity index (χ4n) is 2.88. The Labute approximate surface area is 125 Å². The zero-order chi connectivity index (χ0) is 15.2. The number of aliphatic hydroxyl groups excluding tert-OH is 2. The molecule has 116 valence electrons. The Hall–Kier alpha value is -1.43. The van der Waals surface area contributed by atoms with Crippen molar-refractivity contribution in [3.8, 4) is 5.75 Å².